The van der Waals surface area contributed by atoms with Gasteiger partial charge in [-0.1, -0.05) is 26.2 Å². The van der Waals surface area contributed by atoms with Gasteiger partial charge < -0.3 is 10.6 Å². The third-order valence-corrected chi connectivity index (χ3v) is 4.59. The molecule has 2 heteroatoms. The van der Waals surface area contributed by atoms with Gasteiger partial charge in [0, 0.05) is 12.1 Å². The summed E-state index contributed by atoms with van der Waals surface area (Å²) in [6.07, 6.45) is 10.8. The summed E-state index contributed by atoms with van der Waals surface area (Å²) in [5.74, 6) is 0.872. The number of piperidine rings is 1. The van der Waals surface area contributed by atoms with Crippen molar-refractivity contribution in [1.29, 1.82) is 0 Å². The molecule has 0 bridgehead atoms. The fraction of sp³-hybridized carbons (Fsp3) is 1.00. The molecular formula is C14H28N2. The highest BCUT2D eigenvalue weighted by molar-refractivity contribution is 4.90. The first-order chi connectivity index (χ1) is 7.72. The fourth-order valence-electron chi connectivity index (χ4n) is 3.64. The van der Waals surface area contributed by atoms with Gasteiger partial charge in [0.2, 0.25) is 0 Å². The molecule has 2 rings (SSSR count). The lowest BCUT2D eigenvalue weighted by atomic mass is 9.75. The molecule has 1 heterocycles. The molecule has 1 saturated carbocycles. The van der Waals surface area contributed by atoms with Gasteiger partial charge in [-0.25, -0.2) is 0 Å². The minimum Gasteiger partial charge on any atom is -0.325 e. The summed E-state index contributed by atoms with van der Waals surface area (Å²) in [5.41, 5.74) is 6.75. The quantitative estimate of drug-likeness (QED) is 0.798. The Hall–Kier alpha value is -0.0800. The van der Waals surface area contributed by atoms with E-state index in [1.165, 1.54) is 71.0 Å². The standard InChI is InChI=1S/C14H28N2/c1-2-16-10-6-7-13(12-16)11-14(15)8-4-3-5-9-14/h13H,2-12,15H2,1H3. The average Bonchev–Trinajstić information content (AvgIpc) is 2.29. The summed E-state index contributed by atoms with van der Waals surface area (Å²) in [6, 6.07) is 0. The Balaban J connectivity index is 1.83. The number of nitrogens with zero attached hydrogens (tertiary/aromatic N) is 1. The number of nitrogens with two attached hydrogens (primary N) is 1. The Morgan fingerprint density at radius 1 is 1.19 bits per heavy atom. The summed E-state index contributed by atoms with van der Waals surface area (Å²) in [6.45, 7) is 6.11. The van der Waals surface area contributed by atoms with Gasteiger partial charge in [0.05, 0.1) is 0 Å². The van der Waals surface area contributed by atoms with Crippen LogP contribution in [0.5, 0.6) is 0 Å². The van der Waals surface area contributed by atoms with Crippen LogP contribution in [0.15, 0.2) is 0 Å². The molecule has 0 aromatic heterocycles. The largest absolute Gasteiger partial charge is 0.325 e. The molecule has 2 fully saturated rings. The molecule has 1 aliphatic carbocycles. The van der Waals surface area contributed by atoms with Crippen molar-refractivity contribution in [3.63, 3.8) is 0 Å². The van der Waals surface area contributed by atoms with Crippen LogP contribution < -0.4 is 5.73 Å². The van der Waals surface area contributed by atoms with Crippen LogP contribution >= 0.6 is 0 Å². The van der Waals surface area contributed by atoms with E-state index < -0.39 is 0 Å². The second kappa shape index (κ2) is 5.50. The van der Waals surface area contributed by atoms with Crippen LogP contribution in [0.2, 0.25) is 0 Å². The van der Waals surface area contributed by atoms with E-state index in [1.807, 2.05) is 0 Å². The van der Waals surface area contributed by atoms with Crippen LogP contribution in [-0.2, 0) is 0 Å². The molecular weight excluding hydrogens is 196 g/mol. The predicted molar refractivity (Wildman–Crippen MR) is 69.5 cm³/mol. The van der Waals surface area contributed by atoms with Gasteiger partial charge in [0.1, 0.15) is 0 Å². The van der Waals surface area contributed by atoms with Gasteiger partial charge in [-0.05, 0) is 51.1 Å². The van der Waals surface area contributed by atoms with Crippen molar-refractivity contribution in [2.45, 2.75) is 63.8 Å². The monoisotopic (exact) mass is 224 g/mol. The molecule has 1 aliphatic heterocycles. The third-order valence-electron chi connectivity index (χ3n) is 4.59. The number of likely N-dealkylation sites (tertiary alicyclic amines) is 1. The highest BCUT2D eigenvalue weighted by atomic mass is 15.1. The first-order valence-electron chi connectivity index (χ1n) is 7.23. The van der Waals surface area contributed by atoms with E-state index >= 15 is 0 Å². The first-order valence-corrected chi connectivity index (χ1v) is 7.23. The molecule has 0 amide bonds. The minimum absolute atomic E-state index is 0.194. The van der Waals surface area contributed by atoms with E-state index in [-0.39, 0.29) is 5.54 Å². The molecule has 0 aromatic carbocycles. The second-order valence-corrected chi connectivity index (χ2v) is 6.03. The zero-order valence-corrected chi connectivity index (χ0v) is 10.9. The van der Waals surface area contributed by atoms with Crippen LogP contribution in [-0.4, -0.2) is 30.1 Å². The van der Waals surface area contributed by atoms with Crippen LogP contribution in [0.4, 0.5) is 0 Å². The molecule has 1 atom stereocenters. The summed E-state index contributed by atoms with van der Waals surface area (Å²) in [4.78, 5) is 2.60. The molecule has 2 aliphatic rings. The SMILES string of the molecule is CCN1CCCC(CC2(N)CCCCC2)C1. The lowest BCUT2D eigenvalue weighted by molar-refractivity contribution is 0.140. The van der Waals surface area contributed by atoms with Crippen molar-refractivity contribution in [2.24, 2.45) is 11.7 Å². The minimum atomic E-state index is 0.194. The van der Waals surface area contributed by atoms with Gasteiger partial charge in [-0.15, -0.1) is 0 Å². The smallest absolute Gasteiger partial charge is 0.0157 e. The number of rotatable bonds is 3. The Morgan fingerprint density at radius 2 is 1.94 bits per heavy atom. The summed E-state index contributed by atoms with van der Waals surface area (Å²) >= 11 is 0. The normalized spacial score (nSPS) is 31.5. The van der Waals surface area contributed by atoms with Crippen molar-refractivity contribution in [3.05, 3.63) is 0 Å². The number of hydrogen-bond donors (Lipinski definition) is 1. The van der Waals surface area contributed by atoms with E-state index in [9.17, 15) is 0 Å². The maximum absolute atomic E-state index is 6.56. The lowest BCUT2D eigenvalue weighted by Crippen LogP contribution is -2.46. The van der Waals surface area contributed by atoms with E-state index in [0.717, 1.165) is 5.92 Å². The van der Waals surface area contributed by atoms with E-state index in [0.29, 0.717) is 0 Å². The lowest BCUT2D eigenvalue weighted by Gasteiger charge is -2.40. The Morgan fingerprint density at radius 3 is 2.62 bits per heavy atom. The summed E-state index contributed by atoms with van der Waals surface area (Å²) in [7, 11) is 0. The highest BCUT2D eigenvalue weighted by Crippen LogP contribution is 2.33. The van der Waals surface area contributed by atoms with Crippen molar-refractivity contribution >= 4 is 0 Å². The van der Waals surface area contributed by atoms with Crippen molar-refractivity contribution in [2.75, 3.05) is 19.6 Å². The summed E-state index contributed by atoms with van der Waals surface area (Å²) < 4.78 is 0. The van der Waals surface area contributed by atoms with Crippen LogP contribution in [0.25, 0.3) is 0 Å². The molecule has 0 radical (unpaired) electrons. The zero-order chi connectivity index (χ0) is 11.4. The van der Waals surface area contributed by atoms with Crippen molar-refractivity contribution in [3.8, 4) is 0 Å². The van der Waals surface area contributed by atoms with E-state index in [1.54, 1.807) is 0 Å². The van der Waals surface area contributed by atoms with Gasteiger partial charge in [0.25, 0.3) is 0 Å². The Kier molecular flexibility index (Phi) is 4.26. The first kappa shape index (κ1) is 12.4. The highest BCUT2D eigenvalue weighted by Gasteiger charge is 2.31. The molecule has 16 heavy (non-hydrogen) atoms. The van der Waals surface area contributed by atoms with Crippen LogP contribution in [0.1, 0.15) is 58.3 Å². The molecule has 2 N–H and O–H groups in total. The second-order valence-electron chi connectivity index (χ2n) is 6.03. The number of hydrogen-bond acceptors (Lipinski definition) is 2. The fourth-order valence-corrected chi connectivity index (χ4v) is 3.64. The van der Waals surface area contributed by atoms with Gasteiger partial charge in [-0.2, -0.15) is 0 Å². The molecule has 2 nitrogen and oxygen atoms in total. The maximum atomic E-state index is 6.56. The van der Waals surface area contributed by atoms with Gasteiger partial charge in [0.15, 0.2) is 0 Å². The van der Waals surface area contributed by atoms with Gasteiger partial charge in [-0.3, -0.25) is 0 Å². The summed E-state index contributed by atoms with van der Waals surface area (Å²) in [5, 5.41) is 0. The topological polar surface area (TPSA) is 29.3 Å². The molecule has 0 aromatic rings. The van der Waals surface area contributed by atoms with Crippen molar-refractivity contribution in [1.82, 2.24) is 4.90 Å². The average molecular weight is 224 g/mol. The predicted octanol–water partition coefficient (Wildman–Crippen LogP) is 2.77. The van der Waals surface area contributed by atoms with Crippen LogP contribution in [0, 0.1) is 5.92 Å². The zero-order valence-electron chi connectivity index (χ0n) is 10.9. The van der Waals surface area contributed by atoms with Crippen LogP contribution in [0.3, 0.4) is 0 Å². The maximum Gasteiger partial charge on any atom is 0.0157 e. The molecule has 0 spiro atoms. The Labute approximate surface area is 101 Å². The van der Waals surface area contributed by atoms with E-state index in [2.05, 4.69) is 11.8 Å². The Bertz CT molecular complexity index is 209. The van der Waals surface area contributed by atoms with Gasteiger partial charge >= 0.3 is 0 Å². The van der Waals surface area contributed by atoms with E-state index in [4.69, 9.17) is 5.73 Å². The molecule has 94 valence electrons. The van der Waals surface area contributed by atoms with Crippen molar-refractivity contribution < 1.29 is 0 Å². The molecule has 1 saturated heterocycles. The third kappa shape index (κ3) is 3.21. The molecule has 1 unspecified atom stereocenters.